The van der Waals surface area contributed by atoms with Crippen LogP contribution in [0.15, 0.2) is 36.5 Å². The normalized spacial score (nSPS) is 12.7. The van der Waals surface area contributed by atoms with Gasteiger partial charge in [0.15, 0.2) is 0 Å². The van der Waals surface area contributed by atoms with Crippen molar-refractivity contribution in [1.29, 1.82) is 0 Å². The van der Waals surface area contributed by atoms with E-state index in [-0.39, 0.29) is 0 Å². The molecule has 3 nitrogen and oxygen atoms in total. The smallest absolute Gasteiger partial charge is 0.0648 e. The molecule has 84 valence electrons. The summed E-state index contributed by atoms with van der Waals surface area (Å²) in [6.07, 6.45) is 1.98. The summed E-state index contributed by atoms with van der Waals surface area (Å²) in [5, 5.41) is 7.64. The number of nitrogens with zero attached hydrogens (tertiary/aromatic N) is 2. The predicted molar refractivity (Wildman–Crippen MR) is 65.8 cm³/mol. The van der Waals surface area contributed by atoms with Crippen LogP contribution in [0.5, 0.6) is 0 Å². The van der Waals surface area contributed by atoms with E-state index in [0.29, 0.717) is 6.04 Å². The summed E-state index contributed by atoms with van der Waals surface area (Å²) in [5.74, 6) is 0. The monoisotopic (exact) mass is 215 g/mol. The molecule has 2 rings (SSSR count). The van der Waals surface area contributed by atoms with Crippen LogP contribution in [0.3, 0.4) is 0 Å². The summed E-state index contributed by atoms with van der Waals surface area (Å²) in [7, 11) is 1.97. The molecule has 1 heterocycles. The summed E-state index contributed by atoms with van der Waals surface area (Å²) in [6, 6.07) is 10.8. The Morgan fingerprint density at radius 3 is 2.75 bits per heavy atom. The molecule has 1 unspecified atom stereocenters. The van der Waals surface area contributed by atoms with E-state index < -0.39 is 0 Å². The molecule has 1 aromatic heterocycles. The molecule has 1 atom stereocenters. The van der Waals surface area contributed by atoms with Crippen molar-refractivity contribution >= 4 is 0 Å². The van der Waals surface area contributed by atoms with Crippen molar-refractivity contribution in [3.8, 4) is 5.69 Å². The summed E-state index contributed by atoms with van der Waals surface area (Å²) >= 11 is 0. The number of aromatic nitrogens is 2. The van der Waals surface area contributed by atoms with Crippen LogP contribution in [0.1, 0.15) is 24.2 Å². The Balaban J connectivity index is 2.36. The van der Waals surface area contributed by atoms with Gasteiger partial charge in [0.1, 0.15) is 0 Å². The lowest BCUT2D eigenvalue weighted by Gasteiger charge is -2.11. The zero-order valence-corrected chi connectivity index (χ0v) is 9.94. The average molecular weight is 215 g/mol. The third-order valence-electron chi connectivity index (χ3n) is 2.79. The Labute approximate surface area is 96.1 Å². The molecule has 1 N–H and O–H groups in total. The molecule has 0 aliphatic rings. The lowest BCUT2D eigenvalue weighted by Crippen LogP contribution is -2.12. The van der Waals surface area contributed by atoms with Crippen molar-refractivity contribution in [2.75, 3.05) is 7.05 Å². The van der Waals surface area contributed by atoms with Gasteiger partial charge in [-0.3, -0.25) is 0 Å². The maximum atomic E-state index is 4.40. The van der Waals surface area contributed by atoms with E-state index in [2.05, 4.69) is 41.6 Å². The second kappa shape index (κ2) is 4.49. The van der Waals surface area contributed by atoms with Crippen LogP contribution in [0.25, 0.3) is 5.69 Å². The van der Waals surface area contributed by atoms with Gasteiger partial charge in [-0.15, -0.1) is 0 Å². The number of rotatable bonds is 3. The van der Waals surface area contributed by atoms with Crippen LogP contribution < -0.4 is 5.32 Å². The highest BCUT2D eigenvalue weighted by Gasteiger charge is 2.04. The fourth-order valence-corrected chi connectivity index (χ4v) is 1.66. The van der Waals surface area contributed by atoms with Gasteiger partial charge < -0.3 is 5.32 Å². The van der Waals surface area contributed by atoms with E-state index in [1.807, 2.05) is 30.9 Å². The molecule has 1 aromatic carbocycles. The molecule has 16 heavy (non-hydrogen) atoms. The first-order valence-corrected chi connectivity index (χ1v) is 5.50. The van der Waals surface area contributed by atoms with Crippen molar-refractivity contribution in [3.63, 3.8) is 0 Å². The molecule has 0 bridgehead atoms. The maximum absolute atomic E-state index is 4.40. The lowest BCUT2D eigenvalue weighted by molar-refractivity contribution is 0.651. The van der Waals surface area contributed by atoms with Crippen LogP contribution >= 0.6 is 0 Å². The number of aryl methyl sites for hydroxylation is 1. The third-order valence-corrected chi connectivity index (χ3v) is 2.79. The second-order valence-corrected chi connectivity index (χ2v) is 4.01. The van der Waals surface area contributed by atoms with Crippen molar-refractivity contribution in [3.05, 3.63) is 47.8 Å². The summed E-state index contributed by atoms with van der Waals surface area (Å²) < 4.78 is 1.90. The summed E-state index contributed by atoms with van der Waals surface area (Å²) in [6.45, 7) is 4.14. The largest absolute Gasteiger partial charge is 0.313 e. The molecule has 2 aromatic rings. The molecule has 0 aliphatic carbocycles. The quantitative estimate of drug-likeness (QED) is 0.852. The highest BCUT2D eigenvalue weighted by Crippen LogP contribution is 2.16. The molecule has 0 radical (unpaired) electrons. The molecule has 0 aliphatic heterocycles. The first kappa shape index (κ1) is 10.9. The Bertz CT molecular complexity index is 474. The van der Waals surface area contributed by atoms with E-state index in [0.717, 1.165) is 11.4 Å². The van der Waals surface area contributed by atoms with Crippen LogP contribution in [0.4, 0.5) is 0 Å². The van der Waals surface area contributed by atoms with Crippen molar-refractivity contribution in [2.45, 2.75) is 19.9 Å². The highest BCUT2D eigenvalue weighted by atomic mass is 15.3. The van der Waals surface area contributed by atoms with E-state index >= 15 is 0 Å². The Morgan fingerprint density at radius 2 is 2.12 bits per heavy atom. The number of nitrogens with one attached hydrogen (secondary N) is 1. The van der Waals surface area contributed by atoms with E-state index in [1.165, 1.54) is 5.56 Å². The number of benzene rings is 1. The average Bonchev–Trinajstić information content (AvgIpc) is 2.75. The molecular weight excluding hydrogens is 198 g/mol. The minimum Gasteiger partial charge on any atom is -0.313 e. The molecular formula is C13H17N3. The Hall–Kier alpha value is -1.61. The second-order valence-electron chi connectivity index (χ2n) is 4.01. The van der Waals surface area contributed by atoms with Gasteiger partial charge in [0, 0.05) is 12.2 Å². The standard InChI is InChI=1S/C13H17N3/c1-10-7-8-16(15-10)13-6-4-5-12(9-13)11(2)14-3/h4-9,11,14H,1-3H3. The first-order valence-electron chi connectivity index (χ1n) is 5.50. The third kappa shape index (κ3) is 2.14. The lowest BCUT2D eigenvalue weighted by atomic mass is 10.1. The topological polar surface area (TPSA) is 29.9 Å². The van der Waals surface area contributed by atoms with Crippen LogP contribution in [-0.2, 0) is 0 Å². The molecule has 0 saturated heterocycles. The Kier molecular flexibility index (Phi) is 3.06. The van der Waals surface area contributed by atoms with Gasteiger partial charge in [-0.1, -0.05) is 12.1 Å². The molecule has 3 heteroatoms. The number of hydrogen-bond donors (Lipinski definition) is 1. The van der Waals surface area contributed by atoms with Crippen molar-refractivity contribution < 1.29 is 0 Å². The molecule has 0 amide bonds. The van der Waals surface area contributed by atoms with Gasteiger partial charge in [-0.2, -0.15) is 5.10 Å². The van der Waals surface area contributed by atoms with Gasteiger partial charge in [0.2, 0.25) is 0 Å². The molecule has 0 spiro atoms. The van der Waals surface area contributed by atoms with Crippen LogP contribution in [-0.4, -0.2) is 16.8 Å². The summed E-state index contributed by atoms with van der Waals surface area (Å²) in [4.78, 5) is 0. The van der Waals surface area contributed by atoms with Gasteiger partial charge in [-0.05, 0) is 44.7 Å². The van der Waals surface area contributed by atoms with E-state index in [1.54, 1.807) is 0 Å². The van der Waals surface area contributed by atoms with Gasteiger partial charge in [-0.25, -0.2) is 4.68 Å². The van der Waals surface area contributed by atoms with Crippen LogP contribution in [0.2, 0.25) is 0 Å². The zero-order chi connectivity index (χ0) is 11.5. The highest BCUT2D eigenvalue weighted by molar-refractivity contribution is 5.36. The summed E-state index contributed by atoms with van der Waals surface area (Å²) in [5.41, 5.74) is 3.41. The van der Waals surface area contributed by atoms with Crippen molar-refractivity contribution in [1.82, 2.24) is 15.1 Å². The minimum atomic E-state index is 0.358. The first-order chi connectivity index (χ1) is 7.70. The zero-order valence-electron chi connectivity index (χ0n) is 9.94. The van der Waals surface area contributed by atoms with Gasteiger partial charge in [0.25, 0.3) is 0 Å². The van der Waals surface area contributed by atoms with Gasteiger partial charge in [0.05, 0.1) is 11.4 Å². The van der Waals surface area contributed by atoms with Crippen LogP contribution in [0, 0.1) is 6.92 Å². The molecule has 0 saturated carbocycles. The maximum Gasteiger partial charge on any atom is 0.0648 e. The minimum absolute atomic E-state index is 0.358. The van der Waals surface area contributed by atoms with E-state index in [4.69, 9.17) is 0 Å². The van der Waals surface area contributed by atoms with Gasteiger partial charge >= 0.3 is 0 Å². The fourth-order valence-electron chi connectivity index (χ4n) is 1.66. The number of hydrogen-bond acceptors (Lipinski definition) is 2. The Morgan fingerprint density at radius 1 is 1.31 bits per heavy atom. The van der Waals surface area contributed by atoms with Crippen molar-refractivity contribution in [2.24, 2.45) is 0 Å². The SMILES string of the molecule is CNC(C)c1cccc(-n2ccc(C)n2)c1. The van der Waals surface area contributed by atoms with E-state index in [9.17, 15) is 0 Å². The predicted octanol–water partition coefficient (Wildman–Crippen LogP) is 2.46. The fraction of sp³-hybridized carbons (Fsp3) is 0.308. The molecule has 0 fully saturated rings.